The normalized spacial score (nSPS) is 28.2. The minimum atomic E-state index is -0.362. The number of hydrogen-bond donors (Lipinski definition) is 1. The molecule has 112 valence electrons. The van der Waals surface area contributed by atoms with E-state index in [9.17, 15) is 4.79 Å². The van der Waals surface area contributed by atoms with E-state index in [4.69, 9.17) is 0 Å². The number of rotatable bonds is 6. The van der Waals surface area contributed by atoms with Crippen LogP contribution in [0.3, 0.4) is 0 Å². The number of hydrogen-bond acceptors (Lipinski definition) is 2. The highest BCUT2D eigenvalue weighted by Crippen LogP contribution is 2.29. The molecule has 3 nitrogen and oxygen atoms in total. The van der Waals surface area contributed by atoms with Gasteiger partial charge < -0.3 is 4.90 Å². The van der Waals surface area contributed by atoms with Gasteiger partial charge in [0.1, 0.15) is 0 Å². The quantitative estimate of drug-likeness (QED) is 0.802. The SMILES string of the molecule is CCC1NC(C)(CC)C(=O)N1CC(C(C)C)C(C)C. The fourth-order valence-electron chi connectivity index (χ4n) is 3.17. The maximum atomic E-state index is 12.7. The van der Waals surface area contributed by atoms with Crippen molar-refractivity contribution < 1.29 is 4.79 Å². The largest absolute Gasteiger partial charge is 0.325 e. The van der Waals surface area contributed by atoms with Gasteiger partial charge in [-0.05, 0) is 37.5 Å². The van der Waals surface area contributed by atoms with E-state index in [0.29, 0.717) is 17.8 Å². The first-order chi connectivity index (χ1) is 8.76. The third-order valence-corrected chi connectivity index (χ3v) is 4.81. The van der Waals surface area contributed by atoms with Gasteiger partial charge in [-0.3, -0.25) is 10.1 Å². The lowest BCUT2D eigenvalue weighted by molar-refractivity contribution is -0.134. The second-order valence-electron chi connectivity index (χ2n) is 6.86. The summed E-state index contributed by atoms with van der Waals surface area (Å²) in [6.07, 6.45) is 2.04. The molecule has 1 amide bonds. The maximum absolute atomic E-state index is 12.7. The van der Waals surface area contributed by atoms with Crippen molar-refractivity contribution in [2.45, 2.75) is 73.0 Å². The molecule has 0 aromatic heterocycles. The summed E-state index contributed by atoms with van der Waals surface area (Å²) >= 11 is 0. The van der Waals surface area contributed by atoms with E-state index in [1.165, 1.54) is 0 Å². The first kappa shape index (κ1) is 16.5. The highest BCUT2D eigenvalue weighted by molar-refractivity contribution is 5.88. The molecule has 2 atom stereocenters. The average Bonchev–Trinajstić information content (AvgIpc) is 2.59. The Hall–Kier alpha value is -0.570. The van der Waals surface area contributed by atoms with Crippen molar-refractivity contribution in [1.82, 2.24) is 10.2 Å². The summed E-state index contributed by atoms with van der Waals surface area (Å²) in [6.45, 7) is 16.2. The average molecular weight is 268 g/mol. The zero-order valence-corrected chi connectivity index (χ0v) is 13.8. The van der Waals surface area contributed by atoms with Crippen molar-refractivity contribution >= 4 is 5.91 Å². The highest BCUT2D eigenvalue weighted by atomic mass is 16.2. The minimum absolute atomic E-state index is 0.206. The fourth-order valence-corrected chi connectivity index (χ4v) is 3.17. The second-order valence-corrected chi connectivity index (χ2v) is 6.86. The van der Waals surface area contributed by atoms with Crippen molar-refractivity contribution in [1.29, 1.82) is 0 Å². The fraction of sp³-hybridized carbons (Fsp3) is 0.938. The van der Waals surface area contributed by atoms with E-state index in [-0.39, 0.29) is 17.6 Å². The Morgan fingerprint density at radius 3 is 2.11 bits per heavy atom. The molecule has 3 heteroatoms. The van der Waals surface area contributed by atoms with Gasteiger partial charge in [-0.25, -0.2) is 0 Å². The van der Waals surface area contributed by atoms with Gasteiger partial charge in [-0.1, -0.05) is 41.5 Å². The van der Waals surface area contributed by atoms with Crippen LogP contribution in [0.4, 0.5) is 0 Å². The summed E-state index contributed by atoms with van der Waals surface area (Å²) in [5, 5.41) is 3.53. The van der Waals surface area contributed by atoms with Gasteiger partial charge in [0.05, 0.1) is 11.7 Å². The van der Waals surface area contributed by atoms with Crippen LogP contribution in [0.2, 0.25) is 0 Å². The zero-order valence-electron chi connectivity index (χ0n) is 13.8. The molecule has 0 radical (unpaired) electrons. The lowest BCUT2D eigenvalue weighted by Crippen LogP contribution is -2.44. The van der Waals surface area contributed by atoms with Crippen molar-refractivity contribution in [2.75, 3.05) is 6.54 Å². The Labute approximate surface area is 119 Å². The monoisotopic (exact) mass is 268 g/mol. The van der Waals surface area contributed by atoms with E-state index in [1.54, 1.807) is 0 Å². The predicted octanol–water partition coefficient (Wildman–Crippen LogP) is 3.25. The van der Waals surface area contributed by atoms with Crippen LogP contribution in [-0.4, -0.2) is 29.1 Å². The third-order valence-electron chi connectivity index (χ3n) is 4.81. The van der Waals surface area contributed by atoms with Crippen LogP contribution in [0.15, 0.2) is 0 Å². The highest BCUT2D eigenvalue weighted by Gasteiger charge is 2.46. The van der Waals surface area contributed by atoms with E-state index >= 15 is 0 Å². The smallest absolute Gasteiger partial charge is 0.243 e. The first-order valence-corrected chi connectivity index (χ1v) is 7.85. The third kappa shape index (κ3) is 3.31. The molecule has 1 heterocycles. The lowest BCUT2D eigenvalue weighted by atomic mass is 9.85. The van der Waals surface area contributed by atoms with Crippen molar-refractivity contribution in [3.8, 4) is 0 Å². The Bertz CT molecular complexity index is 306. The van der Waals surface area contributed by atoms with E-state index < -0.39 is 0 Å². The molecular formula is C16H32N2O. The Morgan fingerprint density at radius 2 is 1.74 bits per heavy atom. The van der Waals surface area contributed by atoms with Crippen molar-refractivity contribution in [2.24, 2.45) is 17.8 Å². The van der Waals surface area contributed by atoms with Crippen LogP contribution in [0, 0.1) is 17.8 Å². The van der Waals surface area contributed by atoms with Gasteiger partial charge in [0, 0.05) is 6.54 Å². The molecule has 1 fully saturated rings. The Kier molecular flexibility index (Phi) is 5.43. The second kappa shape index (κ2) is 6.25. The molecule has 0 aromatic rings. The first-order valence-electron chi connectivity index (χ1n) is 7.85. The van der Waals surface area contributed by atoms with E-state index in [0.717, 1.165) is 19.4 Å². The van der Waals surface area contributed by atoms with Gasteiger partial charge in [0.15, 0.2) is 0 Å². The van der Waals surface area contributed by atoms with Crippen LogP contribution in [-0.2, 0) is 4.79 Å². The molecular weight excluding hydrogens is 236 g/mol. The molecule has 1 saturated heterocycles. The molecule has 2 unspecified atom stereocenters. The predicted molar refractivity (Wildman–Crippen MR) is 80.8 cm³/mol. The van der Waals surface area contributed by atoms with Gasteiger partial charge in [-0.15, -0.1) is 0 Å². The minimum Gasteiger partial charge on any atom is -0.325 e. The summed E-state index contributed by atoms with van der Waals surface area (Å²) < 4.78 is 0. The van der Waals surface area contributed by atoms with Crippen LogP contribution < -0.4 is 5.32 Å². The van der Waals surface area contributed by atoms with E-state index in [1.807, 2.05) is 6.92 Å². The summed E-state index contributed by atoms with van der Waals surface area (Å²) in [5.74, 6) is 2.07. The van der Waals surface area contributed by atoms with Gasteiger partial charge in [-0.2, -0.15) is 0 Å². The van der Waals surface area contributed by atoms with Crippen LogP contribution >= 0.6 is 0 Å². The standard InChI is InChI=1S/C16H32N2O/c1-8-14-17-16(7,9-2)15(19)18(14)10-13(11(3)4)12(5)6/h11-14,17H,8-10H2,1-7H3. The topological polar surface area (TPSA) is 32.3 Å². The van der Waals surface area contributed by atoms with Gasteiger partial charge >= 0.3 is 0 Å². The lowest BCUT2D eigenvalue weighted by Gasteiger charge is -2.32. The summed E-state index contributed by atoms with van der Waals surface area (Å²) in [6, 6.07) is 0. The Balaban J connectivity index is 2.88. The molecule has 1 aliphatic rings. The summed E-state index contributed by atoms with van der Waals surface area (Å²) in [7, 11) is 0. The molecule has 0 spiro atoms. The molecule has 0 bridgehead atoms. The van der Waals surface area contributed by atoms with Crippen molar-refractivity contribution in [3.05, 3.63) is 0 Å². The summed E-state index contributed by atoms with van der Waals surface area (Å²) in [4.78, 5) is 14.8. The van der Waals surface area contributed by atoms with Gasteiger partial charge in [0.2, 0.25) is 5.91 Å². The number of nitrogens with zero attached hydrogens (tertiary/aromatic N) is 1. The molecule has 1 N–H and O–H groups in total. The molecule has 0 aliphatic carbocycles. The summed E-state index contributed by atoms with van der Waals surface area (Å²) in [5.41, 5.74) is -0.362. The molecule has 1 rings (SSSR count). The maximum Gasteiger partial charge on any atom is 0.243 e. The number of carbonyl (C=O) groups excluding carboxylic acids is 1. The van der Waals surface area contributed by atoms with Crippen molar-refractivity contribution in [3.63, 3.8) is 0 Å². The number of carbonyl (C=O) groups is 1. The van der Waals surface area contributed by atoms with E-state index in [2.05, 4.69) is 51.8 Å². The zero-order chi connectivity index (χ0) is 14.8. The molecule has 19 heavy (non-hydrogen) atoms. The van der Waals surface area contributed by atoms with Crippen LogP contribution in [0.5, 0.6) is 0 Å². The van der Waals surface area contributed by atoms with Crippen LogP contribution in [0.25, 0.3) is 0 Å². The molecule has 0 aromatic carbocycles. The number of nitrogens with one attached hydrogen (secondary N) is 1. The molecule has 0 saturated carbocycles. The van der Waals surface area contributed by atoms with Crippen LogP contribution in [0.1, 0.15) is 61.3 Å². The molecule has 1 aliphatic heterocycles. The Morgan fingerprint density at radius 1 is 1.21 bits per heavy atom. The van der Waals surface area contributed by atoms with Gasteiger partial charge in [0.25, 0.3) is 0 Å². The number of amides is 1.